The van der Waals surface area contributed by atoms with Crippen LogP contribution < -0.4 is 15.6 Å². The quantitative estimate of drug-likeness (QED) is 0.342. The van der Waals surface area contributed by atoms with E-state index >= 15 is 0 Å². The highest BCUT2D eigenvalue weighted by atomic mass is 16.5. The van der Waals surface area contributed by atoms with Gasteiger partial charge in [0.2, 0.25) is 5.88 Å². The predicted molar refractivity (Wildman–Crippen MR) is 153 cm³/mol. The summed E-state index contributed by atoms with van der Waals surface area (Å²) in [5.74, 6) is 0.583. The Kier molecular flexibility index (Phi) is 7.16. The summed E-state index contributed by atoms with van der Waals surface area (Å²) in [6, 6.07) is 17.8. The first kappa shape index (κ1) is 25.3. The van der Waals surface area contributed by atoms with Gasteiger partial charge in [-0.15, -0.1) is 0 Å². The van der Waals surface area contributed by atoms with E-state index in [0.717, 1.165) is 60.1 Å². The molecule has 0 unspecified atom stereocenters. The highest BCUT2D eigenvalue weighted by molar-refractivity contribution is 5.96. The third-order valence-electron chi connectivity index (χ3n) is 7.71. The summed E-state index contributed by atoms with van der Waals surface area (Å²) in [6.07, 6.45) is 8.28. The molecular formula is C32H34N4O3. The van der Waals surface area contributed by atoms with Gasteiger partial charge in [-0.05, 0) is 104 Å². The summed E-state index contributed by atoms with van der Waals surface area (Å²) in [5.41, 5.74) is 4.63. The van der Waals surface area contributed by atoms with Crippen molar-refractivity contribution in [2.75, 3.05) is 26.2 Å². The molecule has 2 fully saturated rings. The Morgan fingerprint density at radius 3 is 2.67 bits per heavy atom. The molecule has 1 saturated heterocycles. The molecule has 200 valence electrons. The lowest BCUT2D eigenvalue weighted by Crippen LogP contribution is -2.25. The zero-order valence-electron chi connectivity index (χ0n) is 22.4. The number of hydrogen-bond donors (Lipinski definition) is 1. The monoisotopic (exact) mass is 522 g/mol. The van der Waals surface area contributed by atoms with Crippen molar-refractivity contribution >= 4 is 16.7 Å². The summed E-state index contributed by atoms with van der Waals surface area (Å²) in [7, 11) is 0. The van der Waals surface area contributed by atoms with Crippen LogP contribution in [0.1, 0.15) is 47.2 Å². The van der Waals surface area contributed by atoms with E-state index in [9.17, 15) is 9.59 Å². The second-order valence-corrected chi connectivity index (χ2v) is 10.7. The van der Waals surface area contributed by atoms with Gasteiger partial charge in [0, 0.05) is 42.0 Å². The maximum atomic E-state index is 13.3. The molecule has 2 aliphatic rings. The van der Waals surface area contributed by atoms with Gasteiger partial charge in [0.25, 0.3) is 11.5 Å². The third-order valence-corrected chi connectivity index (χ3v) is 7.71. The highest BCUT2D eigenvalue weighted by Crippen LogP contribution is 2.28. The standard InChI is InChI=1S/C32H34N4O3/c1-22-4-6-26(31(37)34-27-8-9-27)19-29(22)24-7-10-28-25(18-24)12-15-36(32(28)38)21-23-5-11-30(33-20-23)39-17-16-35-13-2-3-14-35/h4-7,10-12,15,18-20,27H,2-3,8-9,13-14,16-17,21H2,1H3,(H,34,37). The molecule has 4 aromatic rings. The second-order valence-electron chi connectivity index (χ2n) is 10.7. The highest BCUT2D eigenvalue weighted by Gasteiger charge is 2.24. The third kappa shape index (κ3) is 5.88. The summed E-state index contributed by atoms with van der Waals surface area (Å²) in [6.45, 7) is 6.36. The first-order valence-corrected chi connectivity index (χ1v) is 13.9. The van der Waals surface area contributed by atoms with Crippen LogP contribution in [0.5, 0.6) is 5.88 Å². The van der Waals surface area contributed by atoms with Crippen molar-refractivity contribution in [1.29, 1.82) is 0 Å². The molecule has 1 N–H and O–H groups in total. The molecule has 0 bridgehead atoms. The topological polar surface area (TPSA) is 76.5 Å². The lowest BCUT2D eigenvalue weighted by molar-refractivity contribution is 0.0951. The van der Waals surface area contributed by atoms with E-state index in [-0.39, 0.29) is 11.5 Å². The van der Waals surface area contributed by atoms with E-state index in [1.807, 2.05) is 67.7 Å². The molecule has 39 heavy (non-hydrogen) atoms. The summed E-state index contributed by atoms with van der Waals surface area (Å²) >= 11 is 0. The van der Waals surface area contributed by atoms with Crippen LogP contribution in [0, 0.1) is 6.92 Å². The van der Waals surface area contributed by atoms with Crippen LogP contribution in [0.4, 0.5) is 0 Å². The Labute approximate surface area is 228 Å². The molecular weight excluding hydrogens is 488 g/mol. The Morgan fingerprint density at radius 1 is 1.05 bits per heavy atom. The first-order valence-electron chi connectivity index (χ1n) is 13.9. The molecule has 0 atom stereocenters. The number of amides is 1. The summed E-state index contributed by atoms with van der Waals surface area (Å²) in [4.78, 5) is 32.7. The van der Waals surface area contributed by atoms with E-state index in [1.54, 1.807) is 10.8 Å². The van der Waals surface area contributed by atoms with Gasteiger partial charge in [-0.25, -0.2) is 4.98 Å². The van der Waals surface area contributed by atoms with Crippen LogP contribution in [-0.4, -0.2) is 52.6 Å². The lowest BCUT2D eigenvalue weighted by atomic mass is 9.96. The Hall–Kier alpha value is -3.97. The van der Waals surface area contributed by atoms with Crippen LogP contribution in [0.3, 0.4) is 0 Å². The number of aromatic nitrogens is 2. The van der Waals surface area contributed by atoms with Crippen LogP contribution in [-0.2, 0) is 6.54 Å². The van der Waals surface area contributed by atoms with Gasteiger partial charge >= 0.3 is 0 Å². The molecule has 2 aromatic heterocycles. The smallest absolute Gasteiger partial charge is 0.258 e. The fourth-order valence-electron chi connectivity index (χ4n) is 5.22. The van der Waals surface area contributed by atoms with Crippen molar-refractivity contribution in [2.24, 2.45) is 0 Å². The summed E-state index contributed by atoms with van der Waals surface area (Å²) in [5, 5.41) is 4.60. The first-order chi connectivity index (χ1) is 19.0. The Morgan fingerprint density at radius 2 is 1.90 bits per heavy atom. The maximum absolute atomic E-state index is 13.3. The minimum Gasteiger partial charge on any atom is -0.476 e. The summed E-state index contributed by atoms with van der Waals surface area (Å²) < 4.78 is 7.52. The number of pyridine rings is 2. The van der Waals surface area contributed by atoms with Gasteiger partial charge in [-0.1, -0.05) is 18.2 Å². The fourth-order valence-corrected chi connectivity index (χ4v) is 5.22. The Balaban J connectivity index is 1.16. The number of likely N-dealkylation sites (tertiary alicyclic amines) is 1. The van der Waals surface area contributed by atoms with Gasteiger partial charge < -0.3 is 14.6 Å². The molecule has 1 saturated carbocycles. The minimum atomic E-state index is -0.0423. The van der Waals surface area contributed by atoms with Gasteiger partial charge in [-0.3, -0.25) is 14.5 Å². The van der Waals surface area contributed by atoms with E-state index in [4.69, 9.17) is 4.74 Å². The van der Waals surface area contributed by atoms with Crippen molar-refractivity contribution in [3.8, 4) is 17.0 Å². The normalized spacial score (nSPS) is 15.5. The molecule has 2 aromatic carbocycles. The zero-order chi connectivity index (χ0) is 26.8. The van der Waals surface area contributed by atoms with Crippen molar-refractivity contribution < 1.29 is 9.53 Å². The van der Waals surface area contributed by atoms with Crippen molar-refractivity contribution in [3.05, 3.63) is 94.0 Å². The number of hydrogen-bond acceptors (Lipinski definition) is 5. The van der Waals surface area contributed by atoms with Gasteiger partial charge in [-0.2, -0.15) is 0 Å². The maximum Gasteiger partial charge on any atom is 0.258 e. The van der Waals surface area contributed by atoms with E-state index in [2.05, 4.69) is 15.2 Å². The van der Waals surface area contributed by atoms with E-state index in [1.165, 1.54) is 12.8 Å². The van der Waals surface area contributed by atoms with Crippen LogP contribution in [0.15, 0.2) is 71.8 Å². The number of aryl methyl sites for hydroxylation is 1. The molecule has 3 heterocycles. The number of ether oxygens (including phenoxy) is 1. The second kappa shape index (κ2) is 11.0. The van der Waals surface area contributed by atoms with Gasteiger partial charge in [0.15, 0.2) is 0 Å². The molecule has 7 nitrogen and oxygen atoms in total. The van der Waals surface area contributed by atoms with Gasteiger partial charge in [0.05, 0.1) is 6.54 Å². The van der Waals surface area contributed by atoms with E-state index < -0.39 is 0 Å². The van der Waals surface area contributed by atoms with Crippen LogP contribution in [0.2, 0.25) is 0 Å². The number of benzene rings is 2. The minimum absolute atomic E-state index is 0.0291. The average molecular weight is 523 g/mol. The number of rotatable bonds is 9. The fraction of sp³-hybridized carbons (Fsp3) is 0.344. The largest absolute Gasteiger partial charge is 0.476 e. The number of carbonyl (C=O) groups excluding carboxylic acids is 1. The number of fused-ring (bicyclic) bond motifs is 1. The SMILES string of the molecule is Cc1ccc(C(=O)NC2CC2)cc1-c1ccc2c(=O)n(Cc3ccc(OCCN4CCCC4)nc3)ccc2c1. The molecule has 6 rings (SSSR count). The average Bonchev–Trinajstić information content (AvgIpc) is 3.61. The number of nitrogens with zero attached hydrogens (tertiary/aromatic N) is 3. The molecule has 1 aliphatic carbocycles. The van der Waals surface area contributed by atoms with Crippen molar-refractivity contribution in [3.63, 3.8) is 0 Å². The Bertz CT molecular complexity index is 1550. The molecule has 1 aliphatic heterocycles. The van der Waals surface area contributed by atoms with Crippen LogP contribution >= 0.6 is 0 Å². The van der Waals surface area contributed by atoms with Crippen LogP contribution in [0.25, 0.3) is 21.9 Å². The molecule has 0 radical (unpaired) electrons. The van der Waals surface area contributed by atoms with Gasteiger partial charge in [0.1, 0.15) is 6.61 Å². The zero-order valence-corrected chi connectivity index (χ0v) is 22.4. The van der Waals surface area contributed by atoms with Crippen molar-refractivity contribution in [1.82, 2.24) is 19.8 Å². The lowest BCUT2D eigenvalue weighted by Gasteiger charge is -2.14. The van der Waals surface area contributed by atoms with E-state index in [0.29, 0.717) is 36.0 Å². The number of nitrogens with one attached hydrogen (secondary N) is 1. The predicted octanol–water partition coefficient (Wildman–Crippen LogP) is 4.79. The molecule has 0 spiro atoms. The van der Waals surface area contributed by atoms with Crippen molar-refractivity contribution in [2.45, 2.75) is 45.2 Å². The molecule has 7 heteroatoms. The molecule has 1 amide bonds. The number of carbonyl (C=O) groups is 1.